The molecule has 1 atom stereocenters. The third-order valence-electron chi connectivity index (χ3n) is 4.37. The summed E-state index contributed by atoms with van der Waals surface area (Å²) in [6.07, 6.45) is -3.26. The van der Waals surface area contributed by atoms with Gasteiger partial charge in [0, 0.05) is 23.7 Å². The molecule has 0 saturated carbocycles. The average molecular weight is 392 g/mol. The van der Waals surface area contributed by atoms with Gasteiger partial charge in [-0.2, -0.15) is 13.2 Å². The molecular weight excluding hydrogens is 373 g/mol. The van der Waals surface area contributed by atoms with Crippen molar-refractivity contribution in [2.24, 2.45) is 5.92 Å². The second-order valence-corrected chi connectivity index (χ2v) is 6.56. The third-order valence-corrected chi connectivity index (χ3v) is 4.37. The van der Waals surface area contributed by atoms with Crippen LogP contribution in [0.2, 0.25) is 0 Å². The molecule has 28 heavy (non-hydrogen) atoms. The van der Waals surface area contributed by atoms with E-state index in [0.29, 0.717) is 18.5 Å². The molecule has 0 spiro atoms. The molecule has 148 valence electrons. The molecule has 2 amide bonds. The minimum atomic E-state index is -4.40. The number of carbonyl (C=O) groups is 2. The highest BCUT2D eigenvalue weighted by Gasteiger charge is 2.28. The van der Waals surface area contributed by atoms with Crippen molar-refractivity contribution in [2.45, 2.75) is 25.4 Å². The normalized spacial score (nSPS) is 16.1. The number of nitrogens with one attached hydrogen (secondary N) is 2. The Morgan fingerprint density at radius 2 is 1.86 bits per heavy atom. The zero-order valence-electron chi connectivity index (χ0n) is 14.9. The summed E-state index contributed by atoms with van der Waals surface area (Å²) in [6.45, 7) is -1.37. The summed E-state index contributed by atoms with van der Waals surface area (Å²) in [5.74, 6) is -0.583. The summed E-state index contributed by atoms with van der Waals surface area (Å²) in [5, 5.41) is 5.51. The number of para-hydroxylation sites is 1. The SMILES string of the molecule is O=C(CCC1Cc2ccccc2NC1=O)Nc1ccc(OCC(F)(F)F)cc1. The lowest BCUT2D eigenvalue weighted by Gasteiger charge is -2.24. The zero-order valence-corrected chi connectivity index (χ0v) is 14.9. The van der Waals surface area contributed by atoms with Crippen LogP contribution < -0.4 is 15.4 Å². The predicted molar refractivity (Wildman–Crippen MR) is 98.1 cm³/mol. The van der Waals surface area contributed by atoms with Crippen molar-refractivity contribution in [3.63, 3.8) is 0 Å². The summed E-state index contributed by atoms with van der Waals surface area (Å²) in [5.41, 5.74) is 2.30. The first-order chi connectivity index (χ1) is 13.3. The molecule has 0 radical (unpaired) electrons. The zero-order chi connectivity index (χ0) is 20.1. The van der Waals surface area contributed by atoms with Gasteiger partial charge in [0.2, 0.25) is 11.8 Å². The Balaban J connectivity index is 1.47. The summed E-state index contributed by atoms with van der Waals surface area (Å²) >= 11 is 0. The van der Waals surface area contributed by atoms with Crippen LogP contribution in [0.15, 0.2) is 48.5 Å². The van der Waals surface area contributed by atoms with Crippen molar-refractivity contribution in [1.29, 1.82) is 0 Å². The molecule has 5 nitrogen and oxygen atoms in total. The van der Waals surface area contributed by atoms with Crippen molar-refractivity contribution in [3.05, 3.63) is 54.1 Å². The van der Waals surface area contributed by atoms with E-state index in [4.69, 9.17) is 0 Å². The number of fused-ring (bicyclic) bond motifs is 1. The van der Waals surface area contributed by atoms with E-state index in [1.807, 2.05) is 24.3 Å². The Labute approximate surface area is 159 Å². The fraction of sp³-hybridized carbons (Fsp3) is 0.300. The molecule has 1 aliphatic heterocycles. The van der Waals surface area contributed by atoms with Crippen LogP contribution in [0.1, 0.15) is 18.4 Å². The Morgan fingerprint density at radius 1 is 1.14 bits per heavy atom. The van der Waals surface area contributed by atoms with Crippen LogP contribution in [0, 0.1) is 5.92 Å². The van der Waals surface area contributed by atoms with Crippen LogP contribution in [-0.2, 0) is 16.0 Å². The van der Waals surface area contributed by atoms with E-state index in [1.165, 1.54) is 24.3 Å². The fourth-order valence-corrected chi connectivity index (χ4v) is 2.97. The van der Waals surface area contributed by atoms with Gasteiger partial charge in [-0.15, -0.1) is 0 Å². The van der Waals surface area contributed by atoms with Gasteiger partial charge in [0.05, 0.1) is 0 Å². The number of amides is 2. The lowest BCUT2D eigenvalue weighted by Crippen LogP contribution is -2.30. The molecule has 2 aromatic rings. The number of halogens is 3. The van der Waals surface area contributed by atoms with Gasteiger partial charge in [-0.3, -0.25) is 9.59 Å². The molecule has 0 aromatic heterocycles. The molecule has 1 aliphatic rings. The van der Waals surface area contributed by atoms with E-state index in [2.05, 4.69) is 15.4 Å². The monoisotopic (exact) mass is 392 g/mol. The van der Waals surface area contributed by atoms with Gasteiger partial charge in [-0.1, -0.05) is 18.2 Å². The van der Waals surface area contributed by atoms with Gasteiger partial charge < -0.3 is 15.4 Å². The maximum absolute atomic E-state index is 12.2. The van der Waals surface area contributed by atoms with Crippen molar-refractivity contribution in [2.75, 3.05) is 17.2 Å². The van der Waals surface area contributed by atoms with Crippen LogP contribution in [-0.4, -0.2) is 24.6 Å². The summed E-state index contributed by atoms with van der Waals surface area (Å²) in [7, 11) is 0. The average Bonchev–Trinajstić information content (AvgIpc) is 2.65. The number of hydrogen-bond acceptors (Lipinski definition) is 3. The smallest absolute Gasteiger partial charge is 0.422 e. The van der Waals surface area contributed by atoms with Gasteiger partial charge >= 0.3 is 6.18 Å². The number of carbonyl (C=O) groups excluding carboxylic acids is 2. The van der Waals surface area contributed by atoms with E-state index < -0.39 is 12.8 Å². The van der Waals surface area contributed by atoms with Crippen molar-refractivity contribution in [3.8, 4) is 5.75 Å². The minimum Gasteiger partial charge on any atom is -0.484 e. The fourth-order valence-electron chi connectivity index (χ4n) is 2.97. The quantitative estimate of drug-likeness (QED) is 0.776. The number of ether oxygens (including phenoxy) is 1. The van der Waals surface area contributed by atoms with E-state index in [9.17, 15) is 22.8 Å². The van der Waals surface area contributed by atoms with Crippen LogP contribution in [0.25, 0.3) is 0 Å². The van der Waals surface area contributed by atoms with Crippen LogP contribution in [0.4, 0.5) is 24.5 Å². The number of alkyl halides is 3. The summed E-state index contributed by atoms with van der Waals surface area (Å²) in [6, 6.07) is 13.2. The van der Waals surface area contributed by atoms with Gasteiger partial charge in [0.25, 0.3) is 0 Å². The Hall–Kier alpha value is -3.03. The molecule has 1 heterocycles. The van der Waals surface area contributed by atoms with Crippen LogP contribution in [0.3, 0.4) is 0 Å². The van der Waals surface area contributed by atoms with E-state index in [0.717, 1.165) is 11.3 Å². The molecule has 3 rings (SSSR count). The third kappa shape index (κ3) is 5.48. The molecule has 1 unspecified atom stereocenters. The Morgan fingerprint density at radius 3 is 2.57 bits per heavy atom. The molecule has 0 aliphatic carbocycles. The summed E-state index contributed by atoms with van der Waals surface area (Å²) < 4.78 is 41.0. The maximum atomic E-state index is 12.2. The number of anilines is 2. The first kappa shape index (κ1) is 19.7. The highest BCUT2D eigenvalue weighted by molar-refractivity contribution is 5.96. The van der Waals surface area contributed by atoms with Gasteiger partial charge in [-0.05, 0) is 48.7 Å². The van der Waals surface area contributed by atoms with Gasteiger partial charge in [0.15, 0.2) is 6.61 Å². The van der Waals surface area contributed by atoms with Gasteiger partial charge in [-0.25, -0.2) is 0 Å². The number of rotatable bonds is 6. The second kappa shape index (κ2) is 8.33. The first-order valence-corrected chi connectivity index (χ1v) is 8.78. The molecular formula is C20H19F3N2O3. The number of benzene rings is 2. The van der Waals surface area contributed by atoms with E-state index in [-0.39, 0.29) is 29.9 Å². The van der Waals surface area contributed by atoms with Gasteiger partial charge in [0.1, 0.15) is 5.75 Å². The van der Waals surface area contributed by atoms with Crippen LogP contribution >= 0.6 is 0 Å². The maximum Gasteiger partial charge on any atom is 0.422 e. The topological polar surface area (TPSA) is 67.4 Å². The lowest BCUT2D eigenvalue weighted by atomic mass is 9.89. The summed E-state index contributed by atoms with van der Waals surface area (Å²) in [4.78, 5) is 24.3. The van der Waals surface area contributed by atoms with Crippen molar-refractivity contribution < 1.29 is 27.5 Å². The molecule has 0 bridgehead atoms. The van der Waals surface area contributed by atoms with E-state index >= 15 is 0 Å². The highest BCUT2D eigenvalue weighted by Crippen LogP contribution is 2.27. The largest absolute Gasteiger partial charge is 0.484 e. The van der Waals surface area contributed by atoms with E-state index in [1.54, 1.807) is 0 Å². The standard InChI is InChI=1S/C20H19F3N2O3/c21-20(22,23)12-28-16-8-6-15(7-9-16)24-18(26)10-5-14-11-13-3-1-2-4-17(13)25-19(14)27/h1-4,6-9,14H,5,10-12H2,(H,24,26)(H,25,27). The highest BCUT2D eigenvalue weighted by atomic mass is 19.4. The molecule has 2 aromatic carbocycles. The van der Waals surface area contributed by atoms with Crippen molar-refractivity contribution in [1.82, 2.24) is 0 Å². The first-order valence-electron chi connectivity index (χ1n) is 8.78. The lowest BCUT2D eigenvalue weighted by molar-refractivity contribution is -0.153. The Bertz CT molecular complexity index is 851. The molecule has 8 heteroatoms. The minimum absolute atomic E-state index is 0.0628. The Kier molecular flexibility index (Phi) is 5.87. The van der Waals surface area contributed by atoms with Crippen LogP contribution in [0.5, 0.6) is 5.75 Å². The molecule has 0 fully saturated rings. The molecule has 0 saturated heterocycles. The number of hydrogen-bond donors (Lipinski definition) is 2. The second-order valence-electron chi connectivity index (χ2n) is 6.56. The molecule has 2 N–H and O–H groups in total. The predicted octanol–water partition coefficient (Wildman–Crippen LogP) is 4.16. The van der Waals surface area contributed by atoms with Crippen molar-refractivity contribution >= 4 is 23.2 Å².